The number of carbonyl (C=O) groups excluding carboxylic acids is 1. The van der Waals surface area contributed by atoms with Gasteiger partial charge in [-0.05, 0) is 42.7 Å². The number of carbonyl (C=O) groups is 1. The molecule has 2 aromatic carbocycles. The van der Waals surface area contributed by atoms with E-state index in [0.29, 0.717) is 22.9 Å². The summed E-state index contributed by atoms with van der Waals surface area (Å²) in [4.78, 5) is 28.1. The molecule has 176 valence electrons. The summed E-state index contributed by atoms with van der Waals surface area (Å²) in [6, 6.07) is 13.9. The minimum Gasteiger partial charge on any atom is -0.335 e. The summed E-state index contributed by atoms with van der Waals surface area (Å²) < 4.78 is 16.7. The number of fused-ring (bicyclic) bond motifs is 3. The fourth-order valence-corrected chi connectivity index (χ4v) is 5.54. The number of hydrogen-bond acceptors (Lipinski definition) is 5. The normalized spacial score (nSPS) is 14.6. The highest BCUT2D eigenvalue weighted by Crippen LogP contribution is 2.27. The second kappa shape index (κ2) is 9.58. The highest BCUT2D eigenvalue weighted by Gasteiger charge is 2.26. The molecular formula is C25H26FN5O2S. The van der Waals surface area contributed by atoms with E-state index >= 15 is 0 Å². The minimum absolute atomic E-state index is 0.0205. The van der Waals surface area contributed by atoms with Crippen LogP contribution in [0.2, 0.25) is 0 Å². The maximum atomic E-state index is 13.4. The average molecular weight is 480 g/mol. The Kier molecular flexibility index (Phi) is 6.36. The lowest BCUT2D eigenvalue weighted by Gasteiger charge is -2.34. The summed E-state index contributed by atoms with van der Waals surface area (Å²) in [5.74, 6) is 0.381. The van der Waals surface area contributed by atoms with Gasteiger partial charge in [-0.15, -0.1) is 10.2 Å². The molecule has 2 heterocycles. The van der Waals surface area contributed by atoms with Crippen molar-refractivity contribution in [1.29, 1.82) is 0 Å². The lowest BCUT2D eigenvalue weighted by atomic mass is 9.94. The molecule has 0 bridgehead atoms. The van der Waals surface area contributed by atoms with Crippen LogP contribution in [-0.4, -0.2) is 41.8 Å². The van der Waals surface area contributed by atoms with E-state index in [-0.39, 0.29) is 29.1 Å². The van der Waals surface area contributed by atoms with Crippen LogP contribution in [0.4, 0.5) is 4.39 Å². The molecule has 0 atom stereocenters. The second-order valence-corrected chi connectivity index (χ2v) is 9.67. The lowest BCUT2D eigenvalue weighted by Crippen LogP contribution is -2.42. The standard InChI is InChI=1S/C25H26FN5O2S/c1-29-23(33)20-9-5-6-10-21(20)31-24(29)27-28-25(31)34-16-22(32)30(19-7-3-2-4-8-19)15-17-11-13-18(26)14-12-17/h5-6,9-14,19H,2-4,7-8,15-16H2,1H3. The Morgan fingerprint density at radius 3 is 2.59 bits per heavy atom. The number of para-hydroxylation sites is 1. The summed E-state index contributed by atoms with van der Waals surface area (Å²) in [7, 11) is 1.67. The molecular weight excluding hydrogens is 453 g/mol. The zero-order valence-electron chi connectivity index (χ0n) is 19.0. The summed E-state index contributed by atoms with van der Waals surface area (Å²) in [6.45, 7) is 0.461. The Morgan fingerprint density at radius 1 is 1.09 bits per heavy atom. The molecule has 0 saturated heterocycles. The maximum absolute atomic E-state index is 13.4. The van der Waals surface area contributed by atoms with Crippen molar-refractivity contribution in [3.63, 3.8) is 0 Å². The molecule has 0 N–H and O–H groups in total. The molecule has 0 aliphatic heterocycles. The first-order valence-electron chi connectivity index (χ1n) is 11.5. The third-order valence-electron chi connectivity index (χ3n) is 6.52. The van der Waals surface area contributed by atoms with Crippen molar-refractivity contribution in [3.8, 4) is 0 Å². The van der Waals surface area contributed by atoms with Gasteiger partial charge in [0.2, 0.25) is 11.7 Å². The predicted molar refractivity (Wildman–Crippen MR) is 130 cm³/mol. The van der Waals surface area contributed by atoms with Crippen LogP contribution >= 0.6 is 11.8 Å². The van der Waals surface area contributed by atoms with Gasteiger partial charge in [0.05, 0.1) is 16.7 Å². The van der Waals surface area contributed by atoms with Crippen molar-refractivity contribution in [3.05, 3.63) is 70.3 Å². The number of rotatable bonds is 6. The van der Waals surface area contributed by atoms with Crippen LogP contribution in [-0.2, 0) is 18.4 Å². The Labute approximate surface area is 200 Å². The topological polar surface area (TPSA) is 72.5 Å². The molecule has 34 heavy (non-hydrogen) atoms. The zero-order chi connectivity index (χ0) is 23.7. The van der Waals surface area contributed by atoms with E-state index in [1.807, 2.05) is 27.5 Å². The second-order valence-electron chi connectivity index (χ2n) is 8.73. The highest BCUT2D eigenvalue weighted by molar-refractivity contribution is 7.99. The van der Waals surface area contributed by atoms with Crippen LogP contribution in [0, 0.1) is 5.82 Å². The Hall–Kier alpha value is -3.20. The molecule has 1 aliphatic rings. The number of thioether (sulfide) groups is 1. The monoisotopic (exact) mass is 479 g/mol. The van der Waals surface area contributed by atoms with Crippen LogP contribution in [0.5, 0.6) is 0 Å². The van der Waals surface area contributed by atoms with E-state index in [4.69, 9.17) is 0 Å². The van der Waals surface area contributed by atoms with Gasteiger partial charge in [0.1, 0.15) is 5.82 Å². The van der Waals surface area contributed by atoms with E-state index in [1.165, 1.54) is 34.9 Å². The Bertz CT molecular complexity index is 1390. The van der Waals surface area contributed by atoms with Crippen molar-refractivity contribution >= 4 is 34.3 Å². The molecule has 9 heteroatoms. The van der Waals surface area contributed by atoms with Gasteiger partial charge >= 0.3 is 0 Å². The predicted octanol–water partition coefficient (Wildman–Crippen LogP) is 4.17. The molecule has 4 aromatic rings. The van der Waals surface area contributed by atoms with Gasteiger partial charge < -0.3 is 4.90 Å². The molecule has 1 amide bonds. The Balaban J connectivity index is 1.42. The fraction of sp³-hybridized carbons (Fsp3) is 0.360. The molecule has 0 spiro atoms. The highest BCUT2D eigenvalue weighted by atomic mass is 32.2. The van der Waals surface area contributed by atoms with Gasteiger partial charge in [-0.3, -0.25) is 18.6 Å². The average Bonchev–Trinajstić information content (AvgIpc) is 3.30. The van der Waals surface area contributed by atoms with Gasteiger partial charge in [-0.1, -0.05) is 55.3 Å². The lowest BCUT2D eigenvalue weighted by molar-refractivity contribution is -0.132. The van der Waals surface area contributed by atoms with E-state index in [9.17, 15) is 14.0 Å². The number of nitrogens with zero attached hydrogens (tertiary/aromatic N) is 5. The van der Waals surface area contributed by atoms with Crippen LogP contribution in [0.3, 0.4) is 0 Å². The third kappa shape index (κ3) is 4.32. The largest absolute Gasteiger partial charge is 0.335 e. The van der Waals surface area contributed by atoms with Crippen molar-refractivity contribution in [1.82, 2.24) is 24.1 Å². The van der Waals surface area contributed by atoms with Crippen molar-refractivity contribution in [2.75, 3.05) is 5.75 Å². The SMILES string of the molecule is Cn1c(=O)c2ccccc2n2c(SCC(=O)N(Cc3ccc(F)cc3)C3CCCCC3)nnc12. The smallest absolute Gasteiger partial charge is 0.262 e. The van der Waals surface area contributed by atoms with Crippen LogP contribution < -0.4 is 5.56 Å². The van der Waals surface area contributed by atoms with Crippen molar-refractivity contribution in [2.45, 2.75) is 49.8 Å². The van der Waals surface area contributed by atoms with E-state index < -0.39 is 0 Å². The Morgan fingerprint density at radius 2 is 1.82 bits per heavy atom. The zero-order valence-corrected chi connectivity index (χ0v) is 19.8. The summed E-state index contributed by atoms with van der Waals surface area (Å²) in [5.41, 5.74) is 1.50. The van der Waals surface area contributed by atoms with Crippen LogP contribution in [0.1, 0.15) is 37.7 Å². The molecule has 0 radical (unpaired) electrons. The maximum Gasteiger partial charge on any atom is 0.262 e. The van der Waals surface area contributed by atoms with E-state index in [1.54, 1.807) is 25.2 Å². The summed E-state index contributed by atoms with van der Waals surface area (Å²) in [5, 5.41) is 9.65. The quantitative estimate of drug-likeness (QED) is 0.388. The third-order valence-corrected chi connectivity index (χ3v) is 7.44. The van der Waals surface area contributed by atoms with Crippen molar-refractivity contribution in [2.24, 2.45) is 7.05 Å². The summed E-state index contributed by atoms with van der Waals surface area (Å²) in [6.07, 6.45) is 5.39. The first-order valence-corrected chi connectivity index (χ1v) is 12.5. The number of halogens is 1. The number of amides is 1. The fourth-order valence-electron chi connectivity index (χ4n) is 4.71. The molecule has 5 rings (SSSR count). The first-order chi connectivity index (χ1) is 16.5. The molecule has 0 unspecified atom stereocenters. The number of aryl methyl sites for hydroxylation is 1. The van der Waals surface area contributed by atoms with Gasteiger partial charge in [0.15, 0.2) is 5.16 Å². The van der Waals surface area contributed by atoms with E-state index in [2.05, 4.69) is 10.2 Å². The summed E-state index contributed by atoms with van der Waals surface area (Å²) >= 11 is 1.32. The number of hydrogen-bond donors (Lipinski definition) is 0. The van der Waals surface area contributed by atoms with Crippen LogP contribution in [0.25, 0.3) is 16.7 Å². The van der Waals surface area contributed by atoms with Gasteiger partial charge in [-0.2, -0.15) is 0 Å². The molecule has 1 aliphatic carbocycles. The van der Waals surface area contributed by atoms with Gasteiger partial charge in [0, 0.05) is 19.6 Å². The molecule has 1 saturated carbocycles. The van der Waals surface area contributed by atoms with Gasteiger partial charge in [0.25, 0.3) is 5.56 Å². The van der Waals surface area contributed by atoms with Gasteiger partial charge in [-0.25, -0.2) is 4.39 Å². The number of benzene rings is 2. The van der Waals surface area contributed by atoms with Crippen LogP contribution in [0.15, 0.2) is 58.5 Å². The number of aromatic nitrogens is 4. The molecule has 1 fully saturated rings. The molecule has 2 aromatic heterocycles. The van der Waals surface area contributed by atoms with E-state index in [0.717, 1.165) is 36.8 Å². The first kappa shape index (κ1) is 22.6. The molecule has 7 nitrogen and oxygen atoms in total. The minimum atomic E-state index is -0.282. The van der Waals surface area contributed by atoms with Crippen molar-refractivity contribution < 1.29 is 9.18 Å².